The summed E-state index contributed by atoms with van der Waals surface area (Å²) in [5, 5.41) is 10.7. The third kappa shape index (κ3) is 1.67. The van der Waals surface area contributed by atoms with Crippen molar-refractivity contribution < 1.29 is 0 Å². The highest BCUT2D eigenvalue weighted by atomic mass is 32.2. The van der Waals surface area contributed by atoms with E-state index in [0.29, 0.717) is 0 Å². The minimum absolute atomic E-state index is 0.898. The second-order valence-electron chi connectivity index (χ2n) is 1.60. The van der Waals surface area contributed by atoms with Crippen molar-refractivity contribution in [2.45, 2.75) is 9.79 Å². The third-order valence-electron chi connectivity index (χ3n) is 1.03. The summed E-state index contributed by atoms with van der Waals surface area (Å²) in [5.74, 6) is 0. The van der Waals surface area contributed by atoms with Crippen molar-refractivity contribution in [2.75, 3.05) is 0 Å². The molecule has 0 spiro atoms. The molecule has 0 saturated carbocycles. The van der Waals surface area contributed by atoms with Crippen LogP contribution < -0.4 is 10.3 Å². The number of nitrogens with two attached hydrogens (primary N) is 2. The molecule has 10 heavy (non-hydrogen) atoms. The summed E-state index contributed by atoms with van der Waals surface area (Å²) in [6.07, 6.45) is 0. The zero-order chi connectivity index (χ0) is 7.40. The summed E-state index contributed by atoms with van der Waals surface area (Å²) in [4.78, 5) is 1.87. The van der Waals surface area contributed by atoms with Crippen LogP contribution in [0.25, 0.3) is 0 Å². The molecule has 0 aliphatic rings. The fraction of sp³-hybridized carbons (Fsp3) is 0. The van der Waals surface area contributed by atoms with Crippen molar-refractivity contribution >= 4 is 23.9 Å². The summed E-state index contributed by atoms with van der Waals surface area (Å²) in [5.41, 5.74) is 0. The van der Waals surface area contributed by atoms with Gasteiger partial charge in [0.15, 0.2) is 0 Å². The van der Waals surface area contributed by atoms with E-state index >= 15 is 0 Å². The lowest BCUT2D eigenvalue weighted by atomic mass is 10.4. The molecular weight excluding hydrogens is 164 g/mol. The van der Waals surface area contributed by atoms with Crippen molar-refractivity contribution in [3.63, 3.8) is 0 Å². The van der Waals surface area contributed by atoms with Gasteiger partial charge in [0.1, 0.15) is 0 Å². The molecule has 1 aromatic rings. The van der Waals surface area contributed by atoms with E-state index in [1.807, 2.05) is 18.2 Å². The van der Waals surface area contributed by atoms with Gasteiger partial charge in [-0.05, 0) is 36.0 Å². The van der Waals surface area contributed by atoms with Gasteiger partial charge in [0.25, 0.3) is 0 Å². The lowest BCUT2D eigenvalue weighted by Gasteiger charge is -1.99. The molecule has 0 amide bonds. The molecule has 0 heterocycles. The molecule has 0 atom stereocenters. The van der Waals surface area contributed by atoms with Crippen molar-refractivity contribution in [1.82, 2.24) is 0 Å². The highest BCUT2D eigenvalue weighted by molar-refractivity contribution is 8.00. The molecule has 4 heteroatoms. The first kappa shape index (κ1) is 7.94. The Labute approximate surface area is 68.6 Å². The molecule has 0 saturated heterocycles. The number of benzene rings is 1. The predicted molar refractivity (Wildman–Crippen MR) is 45.4 cm³/mol. The minimum Gasteiger partial charge on any atom is -0.274 e. The molecule has 1 aromatic carbocycles. The van der Waals surface area contributed by atoms with Crippen LogP contribution >= 0.6 is 23.9 Å². The summed E-state index contributed by atoms with van der Waals surface area (Å²) in [7, 11) is 0. The van der Waals surface area contributed by atoms with Crippen LogP contribution in [0, 0.1) is 6.07 Å². The van der Waals surface area contributed by atoms with Crippen molar-refractivity contribution in [1.29, 1.82) is 0 Å². The first-order chi connectivity index (χ1) is 4.88. The zero-order valence-corrected chi connectivity index (χ0v) is 6.84. The average Bonchev–Trinajstić information content (AvgIpc) is 2.04. The number of hydrogen-bond acceptors (Lipinski definition) is 4. The first-order valence-corrected chi connectivity index (χ1v) is 4.38. The maximum absolute atomic E-state index is 5.35. The second kappa shape index (κ2) is 3.88. The fourth-order valence-corrected chi connectivity index (χ4v) is 1.52. The van der Waals surface area contributed by atoms with Crippen molar-refractivity contribution in [2.24, 2.45) is 10.3 Å². The van der Waals surface area contributed by atoms with Gasteiger partial charge in [0, 0.05) is 9.79 Å². The van der Waals surface area contributed by atoms with E-state index in [9.17, 15) is 0 Å². The highest BCUT2D eigenvalue weighted by Gasteiger charge is 1.97. The molecule has 0 bridgehead atoms. The van der Waals surface area contributed by atoms with Gasteiger partial charge in [-0.3, -0.25) is 10.3 Å². The lowest BCUT2D eigenvalue weighted by molar-refractivity contribution is 1.24. The fourth-order valence-electron chi connectivity index (χ4n) is 0.591. The Morgan fingerprint density at radius 1 is 1.30 bits per heavy atom. The quantitative estimate of drug-likeness (QED) is 0.661. The Morgan fingerprint density at radius 2 is 2.10 bits per heavy atom. The van der Waals surface area contributed by atoms with E-state index in [2.05, 4.69) is 6.07 Å². The smallest absolute Gasteiger partial charge is 0.0453 e. The van der Waals surface area contributed by atoms with Crippen LogP contribution in [0.2, 0.25) is 0 Å². The van der Waals surface area contributed by atoms with Crippen LogP contribution in [0.15, 0.2) is 28.0 Å². The predicted octanol–water partition coefficient (Wildman–Crippen LogP) is 1.42. The Kier molecular flexibility index (Phi) is 3.08. The molecule has 0 aliphatic carbocycles. The molecule has 1 radical (unpaired) electrons. The normalized spacial score (nSPS) is 9.80. The van der Waals surface area contributed by atoms with Crippen LogP contribution in [0.5, 0.6) is 0 Å². The lowest BCUT2D eigenvalue weighted by Crippen LogP contribution is -1.86. The number of hydrogen-bond donors (Lipinski definition) is 2. The van der Waals surface area contributed by atoms with Crippen molar-refractivity contribution in [3.05, 3.63) is 24.3 Å². The van der Waals surface area contributed by atoms with E-state index in [4.69, 9.17) is 10.3 Å². The van der Waals surface area contributed by atoms with Gasteiger partial charge in [-0.25, -0.2) is 0 Å². The number of rotatable bonds is 2. The summed E-state index contributed by atoms with van der Waals surface area (Å²) in [6.45, 7) is 0. The Balaban J connectivity index is 2.96. The molecule has 0 aliphatic heterocycles. The van der Waals surface area contributed by atoms with Gasteiger partial charge in [-0.1, -0.05) is 12.1 Å². The van der Waals surface area contributed by atoms with E-state index < -0.39 is 0 Å². The van der Waals surface area contributed by atoms with E-state index in [1.165, 1.54) is 11.9 Å². The SMILES string of the molecule is NSc1[c]cccc1SN. The van der Waals surface area contributed by atoms with Crippen molar-refractivity contribution in [3.8, 4) is 0 Å². The van der Waals surface area contributed by atoms with Crippen LogP contribution in [0.4, 0.5) is 0 Å². The Hall–Kier alpha value is -0.160. The first-order valence-electron chi connectivity index (χ1n) is 2.62. The standard InChI is InChI=1S/C6H7N2S2/c7-9-5-3-1-2-4-6(5)10-8/h1-3H,7-8H2. The summed E-state index contributed by atoms with van der Waals surface area (Å²) in [6, 6.07) is 8.59. The Morgan fingerprint density at radius 3 is 2.60 bits per heavy atom. The molecule has 53 valence electrons. The monoisotopic (exact) mass is 171 g/mol. The van der Waals surface area contributed by atoms with E-state index in [1.54, 1.807) is 0 Å². The van der Waals surface area contributed by atoms with Gasteiger partial charge in [-0.2, -0.15) is 0 Å². The van der Waals surface area contributed by atoms with Gasteiger partial charge in [0.05, 0.1) is 0 Å². The van der Waals surface area contributed by atoms with Gasteiger partial charge in [0.2, 0.25) is 0 Å². The average molecular weight is 171 g/mol. The molecule has 2 nitrogen and oxygen atoms in total. The van der Waals surface area contributed by atoms with Crippen LogP contribution in [0.1, 0.15) is 0 Å². The third-order valence-corrected chi connectivity index (χ3v) is 2.32. The topological polar surface area (TPSA) is 52.0 Å². The van der Waals surface area contributed by atoms with E-state index in [-0.39, 0.29) is 0 Å². The van der Waals surface area contributed by atoms with Gasteiger partial charge >= 0.3 is 0 Å². The van der Waals surface area contributed by atoms with Crippen LogP contribution in [-0.2, 0) is 0 Å². The highest BCUT2D eigenvalue weighted by Crippen LogP contribution is 2.23. The Bertz CT molecular complexity index is 192. The molecule has 1 rings (SSSR count). The van der Waals surface area contributed by atoms with Gasteiger partial charge in [-0.15, -0.1) is 0 Å². The van der Waals surface area contributed by atoms with Crippen LogP contribution in [0.3, 0.4) is 0 Å². The molecule has 0 aromatic heterocycles. The maximum atomic E-state index is 5.35. The maximum Gasteiger partial charge on any atom is 0.0453 e. The summed E-state index contributed by atoms with van der Waals surface area (Å²) < 4.78 is 0. The zero-order valence-electron chi connectivity index (χ0n) is 5.20. The molecule has 4 N–H and O–H groups in total. The van der Waals surface area contributed by atoms with Crippen LogP contribution in [-0.4, -0.2) is 0 Å². The van der Waals surface area contributed by atoms with E-state index in [0.717, 1.165) is 21.7 Å². The molecule has 0 fully saturated rings. The largest absolute Gasteiger partial charge is 0.274 e. The second-order valence-corrected chi connectivity index (χ2v) is 2.92. The summed E-state index contributed by atoms with van der Waals surface area (Å²) >= 11 is 2.35. The molecule has 0 unspecified atom stereocenters. The minimum atomic E-state index is 0.898. The van der Waals surface area contributed by atoms with Gasteiger partial charge < -0.3 is 0 Å². The molecular formula is C6H7N2S2.